The normalized spacial score (nSPS) is 23.2. The third-order valence-electron chi connectivity index (χ3n) is 5.84. The summed E-state index contributed by atoms with van der Waals surface area (Å²) in [6, 6.07) is 1.77. The lowest BCUT2D eigenvalue weighted by Gasteiger charge is -2.48. The average Bonchev–Trinajstić information content (AvgIpc) is 3.34. The van der Waals surface area contributed by atoms with E-state index in [-0.39, 0.29) is 17.2 Å². The molecule has 2 saturated heterocycles. The monoisotopic (exact) mass is 370 g/mol. The average molecular weight is 370 g/mol. The van der Waals surface area contributed by atoms with Crippen molar-refractivity contribution < 1.29 is 9.59 Å². The summed E-state index contributed by atoms with van der Waals surface area (Å²) in [5.74, 6) is 0.212. The molecule has 0 aliphatic carbocycles. The highest BCUT2D eigenvalue weighted by molar-refractivity contribution is 5.92. The molecule has 0 aromatic carbocycles. The minimum absolute atomic E-state index is 0.00409. The van der Waals surface area contributed by atoms with Crippen LogP contribution in [-0.4, -0.2) is 67.5 Å². The molecular weight excluding hydrogens is 344 g/mol. The van der Waals surface area contributed by atoms with Gasteiger partial charge in [-0.3, -0.25) is 14.3 Å². The fourth-order valence-corrected chi connectivity index (χ4v) is 4.39. The number of nitrogens with one attached hydrogen (secondary N) is 1. The molecule has 0 saturated carbocycles. The predicted molar refractivity (Wildman–Crippen MR) is 98.9 cm³/mol. The number of likely N-dealkylation sites (tertiary alicyclic amines) is 2. The zero-order chi connectivity index (χ0) is 18.9. The molecule has 2 aromatic heterocycles. The minimum Gasteiger partial charge on any atom is -0.348 e. The molecule has 1 atom stereocenters. The molecule has 27 heavy (non-hydrogen) atoms. The Morgan fingerprint density at radius 3 is 2.96 bits per heavy atom. The lowest BCUT2D eigenvalue weighted by atomic mass is 9.73. The van der Waals surface area contributed by atoms with E-state index in [0.29, 0.717) is 25.2 Å². The summed E-state index contributed by atoms with van der Waals surface area (Å²) in [6.45, 7) is 2.89. The first kappa shape index (κ1) is 17.8. The number of rotatable bonds is 4. The van der Waals surface area contributed by atoms with Gasteiger partial charge < -0.3 is 14.8 Å². The van der Waals surface area contributed by atoms with Crippen LogP contribution in [0.4, 0.5) is 0 Å². The molecule has 2 aromatic rings. The lowest BCUT2D eigenvalue weighted by molar-refractivity contribution is -0.138. The smallest absolute Gasteiger partial charge is 0.274 e. The number of amides is 2. The van der Waals surface area contributed by atoms with Gasteiger partial charge in [-0.1, -0.05) is 0 Å². The van der Waals surface area contributed by atoms with Crippen molar-refractivity contribution >= 4 is 11.8 Å². The number of aryl methyl sites for hydroxylation is 1. The standard InChI is InChI=1S/C19H26N6O2/c1-23-9-5-16(22-23)18(27)25-8-2-6-19(13-25)7-3-17(26)24(12-19)10-4-15-11-20-14-21-15/h5,9,11,14H,2-4,6-8,10,12-13H2,1H3,(H,20,21). The number of hydrogen-bond donors (Lipinski definition) is 1. The van der Waals surface area contributed by atoms with E-state index >= 15 is 0 Å². The van der Waals surface area contributed by atoms with Crippen LogP contribution in [0.25, 0.3) is 0 Å². The second kappa shape index (κ2) is 7.17. The molecule has 2 fully saturated rings. The topological polar surface area (TPSA) is 87.1 Å². The molecule has 4 rings (SSSR count). The quantitative estimate of drug-likeness (QED) is 0.877. The Hall–Kier alpha value is -2.64. The van der Waals surface area contributed by atoms with E-state index < -0.39 is 0 Å². The summed E-state index contributed by atoms with van der Waals surface area (Å²) in [4.78, 5) is 36.3. The van der Waals surface area contributed by atoms with Crippen molar-refractivity contribution in [1.82, 2.24) is 29.5 Å². The fraction of sp³-hybridized carbons (Fsp3) is 0.579. The number of carbonyl (C=O) groups excluding carboxylic acids is 2. The van der Waals surface area contributed by atoms with E-state index in [9.17, 15) is 9.59 Å². The third kappa shape index (κ3) is 3.74. The molecule has 2 aliphatic heterocycles. The molecule has 0 bridgehead atoms. The van der Waals surface area contributed by atoms with Gasteiger partial charge in [0, 0.05) is 69.6 Å². The highest BCUT2D eigenvalue weighted by Gasteiger charge is 2.42. The summed E-state index contributed by atoms with van der Waals surface area (Å²) >= 11 is 0. The highest BCUT2D eigenvalue weighted by Crippen LogP contribution is 2.39. The zero-order valence-electron chi connectivity index (χ0n) is 15.7. The maximum atomic E-state index is 12.8. The Labute approximate surface area is 158 Å². The summed E-state index contributed by atoms with van der Waals surface area (Å²) in [5, 5.41) is 4.26. The van der Waals surface area contributed by atoms with E-state index in [1.165, 1.54) is 0 Å². The van der Waals surface area contributed by atoms with Gasteiger partial charge in [0.25, 0.3) is 5.91 Å². The van der Waals surface area contributed by atoms with Crippen molar-refractivity contribution in [3.63, 3.8) is 0 Å². The van der Waals surface area contributed by atoms with E-state index in [1.807, 2.05) is 16.8 Å². The molecule has 8 nitrogen and oxygen atoms in total. The molecule has 1 unspecified atom stereocenters. The Bertz CT molecular complexity index is 814. The van der Waals surface area contributed by atoms with Crippen molar-refractivity contribution in [2.24, 2.45) is 12.5 Å². The van der Waals surface area contributed by atoms with Crippen molar-refractivity contribution in [3.8, 4) is 0 Å². The zero-order valence-corrected chi connectivity index (χ0v) is 15.7. The van der Waals surface area contributed by atoms with Gasteiger partial charge in [0.05, 0.1) is 6.33 Å². The van der Waals surface area contributed by atoms with Gasteiger partial charge >= 0.3 is 0 Å². The third-order valence-corrected chi connectivity index (χ3v) is 5.84. The number of imidazole rings is 1. The SMILES string of the molecule is Cn1ccc(C(=O)N2CCCC3(CCC(=O)N(CCc4cnc[nH]4)C3)C2)n1. The second-order valence-electron chi connectivity index (χ2n) is 7.85. The first-order valence-electron chi connectivity index (χ1n) is 9.59. The number of piperidine rings is 2. The van der Waals surface area contributed by atoms with Crippen LogP contribution in [-0.2, 0) is 18.3 Å². The van der Waals surface area contributed by atoms with Crippen LogP contribution in [0.2, 0.25) is 0 Å². The van der Waals surface area contributed by atoms with E-state index in [2.05, 4.69) is 15.1 Å². The van der Waals surface area contributed by atoms with Gasteiger partial charge in [0.2, 0.25) is 5.91 Å². The largest absolute Gasteiger partial charge is 0.348 e. The van der Waals surface area contributed by atoms with Crippen LogP contribution in [0, 0.1) is 5.41 Å². The van der Waals surface area contributed by atoms with Crippen LogP contribution < -0.4 is 0 Å². The Morgan fingerprint density at radius 1 is 1.33 bits per heavy atom. The van der Waals surface area contributed by atoms with Gasteiger partial charge in [0.1, 0.15) is 5.69 Å². The fourth-order valence-electron chi connectivity index (χ4n) is 4.39. The van der Waals surface area contributed by atoms with Crippen molar-refractivity contribution in [2.45, 2.75) is 32.1 Å². The van der Waals surface area contributed by atoms with Crippen molar-refractivity contribution in [1.29, 1.82) is 0 Å². The molecule has 4 heterocycles. The van der Waals surface area contributed by atoms with E-state index in [1.54, 1.807) is 29.5 Å². The number of aromatic nitrogens is 4. The number of H-pyrrole nitrogens is 1. The number of hydrogen-bond acceptors (Lipinski definition) is 4. The molecule has 1 N–H and O–H groups in total. The Morgan fingerprint density at radius 2 is 2.22 bits per heavy atom. The highest BCUT2D eigenvalue weighted by atomic mass is 16.2. The molecule has 0 radical (unpaired) electrons. The summed E-state index contributed by atoms with van der Waals surface area (Å²) in [6.07, 6.45) is 9.50. The van der Waals surface area contributed by atoms with Gasteiger partial charge in [-0.25, -0.2) is 4.98 Å². The molecule has 1 spiro atoms. The Kier molecular flexibility index (Phi) is 4.72. The summed E-state index contributed by atoms with van der Waals surface area (Å²) < 4.78 is 1.66. The molecule has 8 heteroatoms. The lowest BCUT2D eigenvalue weighted by Crippen LogP contribution is -2.55. The van der Waals surface area contributed by atoms with Gasteiger partial charge in [-0.15, -0.1) is 0 Å². The summed E-state index contributed by atoms with van der Waals surface area (Å²) in [5.41, 5.74) is 1.54. The van der Waals surface area contributed by atoms with Crippen LogP contribution in [0.5, 0.6) is 0 Å². The molecule has 2 amide bonds. The maximum absolute atomic E-state index is 12.8. The first-order valence-corrected chi connectivity index (χ1v) is 9.59. The number of nitrogens with zero attached hydrogens (tertiary/aromatic N) is 5. The predicted octanol–water partition coefficient (Wildman–Crippen LogP) is 1.23. The maximum Gasteiger partial charge on any atom is 0.274 e. The van der Waals surface area contributed by atoms with E-state index in [4.69, 9.17) is 0 Å². The number of carbonyl (C=O) groups is 2. The van der Waals surface area contributed by atoms with Gasteiger partial charge in [-0.2, -0.15) is 5.10 Å². The van der Waals surface area contributed by atoms with Crippen LogP contribution in [0.3, 0.4) is 0 Å². The van der Waals surface area contributed by atoms with Gasteiger partial charge in [-0.05, 0) is 25.3 Å². The first-order chi connectivity index (χ1) is 13.0. The summed E-state index contributed by atoms with van der Waals surface area (Å²) in [7, 11) is 1.82. The van der Waals surface area contributed by atoms with E-state index in [0.717, 1.165) is 44.5 Å². The Balaban J connectivity index is 1.43. The molecule has 2 aliphatic rings. The number of aromatic amines is 1. The van der Waals surface area contributed by atoms with Crippen molar-refractivity contribution in [3.05, 3.63) is 36.2 Å². The van der Waals surface area contributed by atoms with Crippen LogP contribution in [0.1, 0.15) is 41.9 Å². The van der Waals surface area contributed by atoms with Crippen molar-refractivity contribution in [2.75, 3.05) is 26.2 Å². The van der Waals surface area contributed by atoms with Crippen LogP contribution >= 0.6 is 0 Å². The molecular formula is C19H26N6O2. The molecule has 144 valence electrons. The van der Waals surface area contributed by atoms with Gasteiger partial charge in [0.15, 0.2) is 0 Å². The minimum atomic E-state index is -0.00409. The second-order valence-corrected chi connectivity index (χ2v) is 7.85. The van der Waals surface area contributed by atoms with Crippen LogP contribution in [0.15, 0.2) is 24.8 Å².